The first-order valence-corrected chi connectivity index (χ1v) is 6.93. The van der Waals surface area contributed by atoms with E-state index < -0.39 is 0 Å². The van der Waals surface area contributed by atoms with E-state index in [-0.39, 0.29) is 30.1 Å². The van der Waals surface area contributed by atoms with Gasteiger partial charge in [-0.05, 0) is 18.6 Å². The predicted molar refractivity (Wildman–Crippen MR) is 77.8 cm³/mol. The molecule has 0 bridgehead atoms. The highest BCUT2D eigenvalue weighted by Crippen LogP contribution is 2.42. The summed E-state index contributed by atoms with van der Waals surface area (Å²) in [5.74, 6) is 0.244. The van der Waals surface area contributed by atoms with E-state index in [0.717, 1.165) is 6.42 Å². The van der Waals surface area contributed by atoms with Gasteiger partial charge < -0.3 is 14.8 Å². The highest BCUT2D eigenvalue weighted by Gasteiger charge is 2.49. The van der Waals surface area contributed by atoms with Crippen molar-refractivity contribution < 1.29 is 14.3 Å². The molecule has 0 spiro atoms. The molecule has 21 heavy (non-hydrogen) atoms. The van der Waals surface area contributed by atoms with Gasteiger partial charge in [0.15, 0.2) is 6.61 Å². The van der Waals surface area contributed by atoms with E-state index in [9.17, 15) is 4.79 Å². The van der Waals surface area contributed by atoms with Crippen LogP contribution in [-0.4, -0.2) is 31.8 Å². The molecule has 2 unspecified atom stereocenters. The summed E-state index contributed by atoms with van der Waals surface area (Å²) in [6.45, 7) is 4.05. The Kier molecular flexibility index (Phi) is 4.49. The van der Waals surface area contributed by atoms with Crippen molar-refractivity contribution in [2.75, 3.05) is 13.7 Å². The van der Waals surface area contributed by atoms with Gasteiger partial charge in [0.25, 0.3) is 5.91 Å². The first kappa shape index (κ1) is 15.3. The van der Waals surface area contributed by atoms with Gasteiger partial charge >= 0.3 is 0 Å². The molecule has 1 amide bonds. The number of nitriles is 1. The number of methoxy groups -OCH3 is 1. The summed E-state index contributed by atoms with van der Waals surface area (Å²) in [5.41, 5.74) is 0.350. The van der Waals surface area contributed by atoms with Gasteiger partial charge in [-0.15, -0.1) is 0 Å². The van der Waals surface area contributed by atoms with Crippen LogP contribution in [0.1, 0.15) is 25.8 Å². The number of hydrogen-bond donors (Lipinski definition) is 1. The fraction of sp³-hybridized carbons (Fsp3) is 0.500. The quantitative estimate of drug-likeness (QED) is 0.897. The molecule has 0 radical (unpaired) electrons. The van der Waals surface area contributed by atoms with E-state index in [1.54, 1.807) is 31.4 Å². The molecule has 1 N–H and O–H groups in total. The summed E-state index contributed by atoms with van der Waals surface area (Å²) in [4.78, 5) is 11.9. The maximum absolute atomic E-state index is 11.9. The zero-order valence-corrected chi connectivity index (χ0v) is 12.6. The number of amides is 1. The van der Waals surface area contributed by atoms with Gasteiger partial charge in [0.05, 0.1) is 11.7 Å². The van der Waals surface area contributed by atoms with Crippen LogP contribution in [0.15, 0.2) is 24.3 Å². The molecule has 112 valence electrons. The third-order valence-corrected chi connectivity index (χ3v) is 4.16. The van der Waals surface area contributed by atoms with E-state index in [1.807, 2.05) is 6.07 Å². The van der Waals surface area contributed by atoms with Gasteiger partial charge in [0.2, 0.25) is 0 Å². The Morgan fingerprint density at radius 1 is 1.48 bits per heavy atom. The topological polar surface area (TPSA) is 71.3 Å². The van der Waals surface area contributed by atoms with Gasteiger partial charge in [0, 0.05) is 18.6 Å². The molecule has 1 aromatic rings. The maximum Gasteiger partial charge on any atom is 0.258 e. The molecule has 1 aliphatic rings. The lowest BCUT2D eigenvalue weighted by Gasteiger charge is -2.51. The van der Waals surface area contributed by atoms with Crippen LogP contribution in [0.2, 0.25) is 0 Å². The van der Waals surface area contributed by atoms with E-state index >= 15 is 0 Å². The SMILES string of the molecule is COC1CC(NC(=O)COc2ccccc2C#N)C1(C)C. The molecular formula is C16H20N2O3. The summed E-state index contributed by atoms with van der Waals surface area (Å²) in [5, 5.41) is 11.9. The van der Waals surface area contributed by atoms with Crippen molar-refractivity contribution in [3.63, 3.8) is 0 Å². The molecule has 2 rings (SSSR count). The number of nitrogens with one attached hydrogen (secondary N) is 1. The van der Waals surface area contributed by atoms with Gasteiger partial charge in [0.1, 0.15) is 11.8 Å². The minimum absolute atomic E-state index is 0.0744. The zero-order chi connectivity index (χ0) is 15.5. The number of carbonyl (C=O) groups excluding carboxylic acids is 1. The summed E-state index contributed by atoms with van der Waals surface area (Å²) in [6, 6.07) is 8.99. The third kappa shape index (κ3) is 3.17. The molecule has 2 atom stereocenters. The second-order valence-corrected chi connectivity index (χ2v) is 5.80. The Balaban J connectivity index is 1.85. The van der Waals surface area contributed by atoms with E-state index in [2.05, 4.69) is 19.2 Å². The fourth-order valence-corrected chi connectivity index (χ4v) is 2.59. The van der Waals surface area contributed by atoms with Crippen LogP contribution >= 0.6 is 0 Å². The lowest BCUT2D eigenvalue weighted by molar-refractivity contribution is -0.134. The van der Waals surface area contributed by atoms with Crippen molar-refractivity contribution in [1.82, 2.24) is 5.32 Å². The van der Waals surface area contributed by atoms with Gasteiger partial charge in [-0.2, -0.15) is 5.26 Å². The Labute approximate surface area is 124 Å². The third-order valence-electron chi connectivity index (χ3n) is 4.16. The summed E-state index contributed by atoms with van der Waals surface area (Å²) in [6.07, 6.45) is 0.979. The van der Waals surface area contributed by atoms with Crippen LogP contribution in [0, 0.1) is 16.7 Å². The summed E-state index contributed by atoms with van der Waals surface area (Å²) >= 11 is 0. The molecule has 0 aliphatic heterocycles. The van der Waals surface area contributed by atoms with Gasteiger partial charge in [-0.25, -0.2) is 0 Å². The smallest absolute Gasteiger partial charge is 0.258 e. The average Bonchev–Trinajstić information content (AvgIpc) is 2.49. The molecule has 1 saturated carbocycles. The van der Waals surface area contributed by atoms with Crippen molar-refractivity contribution in [2.45, 2.75) is 32.4 Å². The van der Waals surface area contributed by atoms with E-state index in [1.165, 1.54) is 0 Å². The highest BCUT2D eigenvalue weighted by atomic mass is 16.5. The molecule has 1 fully saturated rings. The molecule has 1 aliphatic carbocycles. The normalized spacial score (nSPS) is 22.8. The maximum atomic E-state index is 11.9. The molecule has 0 saturated heterocycles. The minimum Gasteiger partial charge on any atom is -0.482 e. The van der Waals surface area contributed by atoms with Crippen LogP contribution < -0.4 is 10.1 Å². The van der Waals surface area contributed by atoms with Gasteiger partial charge in [-0.1, -0.05) is 26.0 Å². The second kappa shape index (κ2) is 6.15. The predicted octanol–water partition coefficient (Wildman–Crippen LogP) is 1.87. The molecule has 5 heteroatoms. The first-order valence-electron chi connectivity index (χ1n) is 6.93. The highest BCUT2D eigenvalue weighted by molar-refractivity contribution is 5.78. The van der Waals surface area contributed by atoms with Crippen LogP contribution in [-0.2, 0) is 9.53 Å². The number of rotatable bonds is 5. The number of benzene rings is 1. The molecular weight excluding hydrogens is 268 g/mol. The van der Waals surface area contributed by atoms with Crippen LogP contribution in [0.3, 0.4) is 0 Å². The lowest BCUT2D eigenvalue weighted by Crippen LogP contribution is -2.62. The van der Waals surface area contributed by atoms with E-state index in [4.69, 9.17) is 14.7 Å². The summed E-state index contributed by atoms with van der Waals surface area (Å²) in [7, 11) is 1.69. The molecule has 0 heterocycles. The average molecular weight is 288 g/mol. The zero-order valence-electron chi connectivity index (χ0n) is 12.6. The Morgan fingerprint density at radius 3 is 2.81 bits per heavy atom. The first-order chi connectivity index (χ1) is 9.98. The van der Waals surface area contributed by atoms with Crippen LogP contribution in [0.25, 0.3) is 0 Å². The molecule has 0 aromatic heterocycles. The van der Waals surface area contributed by atoms with Crippen molar-refractivity contribution in [3.8, 4) is 11.8 Å². The number of para-hydroxylation sites is 1. The Bertz CT molecular complexity index is 563. The lowest BCUT2D eigenvalue weighted by atomic mass is 9.64. The number of ether oxygens (including phenoxy) is 2. The summed E-state index contributed by atoms with van der Waals surface area (Å²) < 4.78 is 10.8. The van der Waals surface area contributed by atoms with Crippen molar-refractivity contribution in [1.29, 1.82) is 5.26 Å². The van der Waals surface area contributed by atoms with Crippen molar-refractivity contribution in [2.24, 2.45) is 5.41 Å². The number of nitrogens with zero attached hydrogens (tertiary/aromatic N) is 1. The second-order valence-electron chi connectivity index (χ2n) is 5.80. The fourth-order valence-electron chi connectivity index (χ4n) is 2.59. The van der Waals surface area contributed by atoms with Crippen LogP contribution in [0.5, 0.6) is 5.75 Å². The van der Waals surface area contributed by atoms with Crippen molar-refractivity contribution >= 4 is 5.91 Å². The Morgan fingerprint density at radius 2 is 2.19 bits per heavy atom. The monoisotopic (exact) mass is 288 g/mol. The standard InChI is InChI=1S/C16H20N2O3/c1-16(2)13(8-14(16)20-3)18-15(19)10-21-12-7-5-4-6-11(12)9-17/h4-7,13-14H,8,10H2,1-3H3,(H,18,19). The Hall–Kier alpha value is -2.06. The van der Waals surface area contributed by atoms with Crippen molar-refractivity contribution in [3.05, 3.63) is 29.8 Å². The number of carbonyl (C=O) groups is 1. The molecule has 1 aromatic carbocycles. The largest absolute Gasteiger partial charge is 0.482 e. The number of hydrogen-bond acceptors (Lipinski definition) is 4. The molecule has 5 nitrogen and oxygen atoms in total. The van der Waals surface area contributed by atoms with E-state index in [0.29, 0.717) is 11.3 Å². The van der Waals surface area contributed by atoms with Gasteiger partial charge in [-0.3, -0.25) is 4.79 Å². The van der Waals surface area contributed by atoms with Crippen LogP contribution in [0.4, 0.5) is 0 Å². The minimum atomic E-state index is -0.185.